The van der Waals surface area contributed by atoms with Gasteiger partial charge in [0, 0.05) is 16.6 Å². The molecule has 0 radical (unpaired) electrons. The third-order valence-electron chi connectivity index (χ3n) is 6.47. The maximum absolute atomic E-state index is 14.4. The lowest BCUT2D eigenvalue weighted by Crippen LogP contribution is -2.58. The van der Waals surface area contributed by atoms with E-state index in [1.807, 2.05) is 6.07 Å². The predicted octanol–water partition coefficient (Wildman–Crippen LogP) is 5.56. The maximum Gasteiger partial charge on any atom is 0.419 e. The van der Waals surface area contributed by atoms with Gasteiger partial charge in [-0.2, -0.15) is 18.4 Å². The molecule has 2 unspecified atom stereocenters. The lowest BCUT2D eigenvalue weighted by atomic mass is 9.62. The Balaban J connectivity index is 2.00. The number of alkyl halides is 3. The first-order valence-electron chi connectivity index (χ1n) is 10.3. The molecule has 2 atom stereocenters. The van der Waals surface area contributed by atoms with Crippen LogP contribution in [0.25, 0.3) is 10.8 Å². The molecule has 8 heteroatoms. The van der Waals surface area contributed by atoms with E-state index in [1.54, 1.807) is 24.3 Å². The van der Waals surface area contributed by atoms with Crippen molar-refractivity contribution in [3.8, 4) is 17.6 Å². The zero-order chi connectivity index (χ0) is 24.3. The number of benzene rings is 3. The average Bonchev–Trinajstić information content (AvgIpc) is 2.69. The Labute approximate surface area is 188 Å². The minimum Gasteiger partial charge on any atom is -0.508 e. The van der Waals surface area contributed by atoms with Crippen molar-refractivity contribution in [1.82, 2.24) is 0 Å². The summed E-state index contributed by atoms with van der Waals surface area (Å²) in [5.41, 5.74) is -3.51. The number of anilines is 1. The van der Waals surface area contributed by atoms with Crippen molar-refractivity contribution in [2.24, 2.45) is 0 Å². The summed E-state index contributed by atoms with van der Waals surface area (Å²) in [6.45, 7) is 4.55. The van der Waals surface area contributed by atoms with Crippen LogP contribution in [0.1, 0.15) is 48.6 Å². The highest BCUT2D eigenvalue weighted by Gasteiger charge is 2.64. The lowest BCUT2D eigenvalue weighted by molar-refractivity contribution is -0.275. The van der Waals surface area contributed by atoms with Gasteiger partial charge in [-0.1, -0.05) is 32.0 Å². The van der Waals surface area contributed by atoms with Gasteiger partial charge in [0.2, 0.25) is 0 Å². The third-order valence-corrected chi connectivity index (χ3v) is 6.47. The molecule has 3 aromatic rings. The Morgan fingerprint density at radius 2 is 1.82 bits per heavy atom. The van der Waals surface area contributed by atoms with E-state index in [-0.39, 0.29) is 28.2 Å². The number of aromatic hydroxyl groups is 2. The number of nitrogens with one attached hydrogen (secondary N) is 1. The molecule has 0 fully saturated rings. The summed E-state index contributed by atoms with van der Waals surface area (Å²) < 4.78 is 43.2. The Morgan fingerprint density at radius 1 is 1.12 bits per heavy atom. The van der Waals surface area contributed by atoms with Gasteiger partial charge in [-0.15, -0.1) is 0 Å². The van der Waals surface area contributed by atoms with Crippen LogP contribution >= 0.6 is 0 Å². The minimum absolute atomic E-state index is 0.00124. The second kappa shape index (κ2) is 7.29. The number of aryl methyl sites for hydroxylation is 1. The summed E-state index contributed by atoms with van der Waals surface area (Å²) in [6, 6.07) is 11.1. The molecule has 0 saturated carbocycles. The normalized spacial score (nSPS) is 21.9. The summed E-state index contributed by atoms with van der Waals surface area (Å²) in [7, 11) is 0. The summed E-state index contributed by atoms with van der Waals surface area (Å²) in [4.78, 5) is 0. The SMILES string of the molecule is Cc1cc2c(c(O)c1C#N)C(C)(C)CC(O)(C(F)(F)F)C2Nc1cccc2cc(O)ccc12. The number of phenolic OH excluding ortho intramolecular Hbond substituents is 2. The van der Waals surface area contributed by atoms with E-state index in [1.165, 1.54) is 39.0 Å². The van der Waals surface area contributed by atoms with E-state index in [9.17, 15) is 33.8 Å². The van der Waals surface area contributed by atoms with E-state index in [0.29, 0.717) is 22.0 Å². The van der Waals surface area contributed by atoms with E-state index in [0.717, 1.165) is 0 Å². The van der Waals surface area contributed by atoms with Crippen LogP contribution in [0.5, 0.6) is 11.5 Å². The molecule has 0 spiro atoms. The second-order valence-corrected chi connectivity index (χ2v) is 9.26. The fraction of sp³-hybridized carbons (Fsp3) is 0.320. The highest BCUT2D eigenvalue weighted by molar-refractivity contribution is 5.95. The van der Waals surface area contributed by atoms with Crippen molar-refractivity contribution in [1.29, 1.82) is 5.26 Å². The molecule has 0 aliphatic heterocycles. The Kier molecular flexibility index (Phi) is 5.02. The number of fused-ring (bicyclic) bond motifs is 2. The van der Waals surface area contributed by atoms with E-state index >= 15 is 0 Å². The van der Waals surface area contributed by atoms with Crippen LogP contribution in [0.15, 0.2) is 42.5 Å². The fourth-order valence-electron chi connectivity index (χ4n) is 5.04. The number of rotatable bonds is 2. The molecule has 0 heterocycles. The molecule has 0 aromatic heterocycles. The van der Waals surface area contributed by atoms with Gasteiger partial charge in [-0.3, -0.25) is 0 Å². The highest BCUT2D eigenvalue weighted by atomic mass is 19.4. The Bertz CT molecular complexity index is 1310. The van der Waals surface area contributed by atoms with Gasteiger partial charge in [-0.25, -0.2) is 0 Å². The Morgan fingerprint density at radius 3 is 2.45 bits per heavy atom. The van der Waals surface area contributed by atoms with Crippen LogP contribution in [0.2, 0.25) is 0 Å². The molecule has 4 N–H and O–H groups in total. The first-order valence-corrected chi connectivity index (χ1v) is 10.3. The molecule has 33 heavy (non-hydrogen) atoms. The van der Waals surface area contributed by atoms with Gasteiger partial charge in [0.1, 0.15) is 17.6 Å². The third kappa shape index (κ3) is 3.44. The van der Waals surface area contributed by atoms with E-state index in [4.69, 9.17) is 0 Å². The van der Waals surface area contributed by atoms with Crippen LogP contribution in [-0.2, 0) is 5.41 Å². The zero-order valence-corrected chi connectivity index (χ0v) is 18.2. The molecular weight excluding hydrogens is 433 g/mol. The minimum atomic E-state index is -4.99. The number of halogens is 3. The van der Waals surface area contributed by atoms with Gasteiger partial charge >= 0.3 is 6.18 Å². The first-order chi connectivity index (χ1) is 15.3. The molecule has 3 aromatic carbocycles. The quantitative estimate of drug-likeness (QED) is 0.405. The monoisotopic (exact) mass is 456 g/mol. The van der Waals surface area contributed by atoms with Gasteiger partial charge in [0.05, 0.1) is 11.6 Å². The van der Waals surface area contributed by atoms with E-state index < -0.39 is 29.7 Å². The van der Waals surface area contributed by atoms with Gasteiger partial charge < -0.3 is 20.6 Å². The van der Waals surface area contributed by atoms with Crippen LogP contribution in [0, 0.1) is 18.3 Å². The number of nitrogens with zero attached hydrogens (tertiary/aromatic N) is 1. The van der Waals surface area contributed by atoms with Gasteiger partial charge in [0.25, 0.3) is 0 Å². The number of phenols is 2. The van der Waals surface area contributed by atoms with Crippen molar-refractivity contribution in [2.75, 3.05) is 5.32 Å². The molecule has 1 aliphatic carbocycles. The smallest absolute Gasteiger partial charge is 0.419 e. The highest BCUT2D eigenvalue weighted by Crippen LogP contribution is 2.57. The van der Waals surface area contributed by atoms with Crippen molar-refractivity contribution in [3.05, 3.63) is 64.7 Å². The molecule has 0 saturated heterocycles. The molecule has 1 aliphatic rings. The molecule has 4 rings (SSSR count). The number of nitriles is 1. The van der Waals surface area contributed by atoms with Crippen molar-refractivity contribution in [3.63, 3.8) is 0 Å². The standard InChI is InChI=1S/C25H23F3N2O3/c1-13-9-17-20(21(32)18(13)11-29)23(2,3)12-24(33,25(26,27)28)22(17)30-19-6-4-5-14-10-15(31)7-8-16(14)19/h4-10,22,30-33H,12H2,1-3H3. The molecule has 5 nitrogen and oxygen atoms in total. The number of aliphatic hydroxyl groups is 1. The number of hydrogen-bond acceptors (Lipinski definition) is 5. The topological polar surface area (TPSA) is 96.5 Å². The predicted molar refractivity (Wildman–Crippen MR) is 118 cm³/mol. The van der Waals surface area contributed by atoms with Crippen LogP contribution in [0.4, 0.5) is 18.9 Å². The molecule has 172 valence electrons. The molecule has 0 bridgehead atoms. The van der Waals surface area contributed by atoms with Crippen molar-refractivity contribution >= 4 is 16.5 Å². The summed E-state index contributed by atoms with van der Waals surface area (Å²) in [5, 5.41) is 45.3. The van der Waals surface area contributed by atoms with Crippen LogP contribution in [-0.4, -0.2) is 27.1 Å². The first kappa shape index (κ1) is 22.7. The second-order valence-electron chi connectivity index (χ2n) is 9.26. The molecule has 0 amide bonds. The fourth-order valence-corrected chi connectivity index (χ4v) is 5.04. The lowest BCUT2D eigenvalue weighted by Gasteiger charge is -2.49. The molecular formula is C25H23F3N2O3. The largest absolute Gasteiger partial charge is 0.508 e. The van der Waals surface area contributed by atoms with Crippen LogP contribution < -0.4 is 5.32 Å². The zero-order valence-electron chi connectivity index (χ0n) is 18.2. The average molecular weight is 456 g/mol. The van der Waals surface area contributed by atoms with Crippen LogP contribution in [0.3, 0.4) is 0 Å². The summed E-state index contributed by atoms with van der Waals surface area (Å²) >= 11 is 0. The Hall–Kier alpha value is -3.44. The van der Waals surface area contributed by atoms with E-state index in [2.05, 4.69) is 5.32 Å². The van der Waals surface area contributed by atoms with Crippen molar-refractivity contribution < 1.29 is 28.5 Å². The summed E-state index contributed by atoms with van der Waals surface area (Å²) in [5.74, 6) is -0.350. The van der Waals surface area contributed by atoms with Gasteiger partial charge in [0.15, 0.2) is 5.60 Å². The number of hydrogen-bond donors (Lipinski definition) is 4. The van der Waals surface area contributed by atoms with Gasteiger partial charge in [-0.05, 0) is 59.5 Å². The summed E-state index contributed by atoms with van der Waals surface area (Å²) in [6.07, 6.45) is -5.71. The maximum atomic E-state index is 14.4. The van der Waals surface area contributed by atoms with Crippen molar-refractivity contribution in [2.45, 2.75) is 50.4 Å².